The van der Waals surface area contributed by atoms with E-state index >= 15 is 0 Å². The van der Waals surface area contributed by atoms with Crippen LogP contribution in [0.2, 0.25) is 0 Å². The summed E-state index contributed by atoms with van der Waals surface area (Å²) in [6.07, 6.45) is 3.56. The van der Waals surface area contributed by atoms with Gasteiger partial charge in [0.15, 0.2) is 0 Å². The second-order valence-corrected chi connectivity index (χ2v) is 11.5. The number of carbonyl (C=O) groups is 1. The number of anilines is 2. The van der Waals surface area contributed by atoms with Gasteiger partial charge < -0.3 is 25.2 Å². The molecule has 5 rings (SSSR count). The first-order chi connectivity index (χ1) is 18.0. The van der Waals surface area contributed by atoms with E-state index in [0.29, 0.717) is 12.3 Å². The van der Waals surface area contributed by atoms with Crippen LogP contribution >= 0.6 is 11.3 Å². The maximum Gasteiger partial charge on any atom is 0.228 e. The van der Waals surface area contributed by atoms with E-state index in [9.17, 15) is 4.79 Å². The van der Waals surface area contributed by atoms with Crippen LogP contribution in [0.3, 0.4) is 0 Å². The fourth-order valence-corrected chi connectivity index (χ4v) is 6.32. The van der Waals surface area contributed by atoms with Crippen LogP contribution in [0, 0.1) is 11.8 Å². The van der Waals surface area contributed by atoms with Crippen molar-refractivity contribution in [3.63, 3.8) is 0 Å². The minimum Gasteiger partial charge on any atom is -0.380 e. The van der Waals surface area contributed by atoms with Crippen molar-refractivity contribution < 1.29 is 9.53 Å². The first-order valence-corrected chi connectivity index (χ1v) is 14.2. The molecule has 0 radical (unpaired) electrons. The van der Waals surface area contributed by atoms with Crippen LogP contribution in [-0.4, -0.2) is 80.8 Å². The summed E-state index contributed by atoms with van der Waals surface area (Å²) in [5.74, 6) is 2.42. The largest absolute Gasteiger partial charge is 0.380 e. The summed E-state index contributed by atoms with van der Waals surface area (Å²) < 4.78 is 5.96. The van der Waals surface area contributed by atoms with Gasteiger partial charge in [0.05, 0.1) is 12.0 Å². The number of hydrogen-bond acceptors (Lipinski definition) is 8. The Morgan fingerprint density at radius 2 is 1.81 bits per heavy atom. The number of piperidine rings is 1. The van der Waals surface area contributed by atoms with Gasteiger partial charge in [-0.1, -0.05) is 30.3 Å². The van der Waals surface area contributed by atoms with Gasteiger partial charge in [0.25, 0.3) is 0 Å². The predicted octanol–water partition coefficient (Wildman–Crippen LogP) is 3.85. The zero-order valence-corrected chi connectivity index (χ0v) is 22.8. The first kappa shape index (κ1) is 25.9. The van der Waals surface area contributed by atoms with Gasteiger partial charge in [0, 0.05) is 56.7 Å². The van der Waals surface area contributed by atoms with E-state index in [1.807, 2.05) is 0 Å². The maximum atomic E-state index is 11.5. The number of ether oxygens (including phenoxy) is 1. The number of rotatable bonds is 10. The van der Waals surface area contributed by atoms with Crippen molar-refractivity contribution in [2.75, 3.05) is 69.8 Å². The molecule has 1 amide bonds. The smallest absolute Gasteiger partial charge is 0.228 e. The van der Waals surface area contributed by atoms with Crippen LogP contribution < -0.4 is 15.5 Å². The fourth-order valence-electron chi connectivity index (χ4n) is 5.39. The van der Waals surface area contributed by atoms with Gasteiger partial charge in [-0.25, -0.2) is 4.98 Å². The summed E-state index contributed by atoms with van der Waals surface area (Å²) in [7, 11) is 4.15. The van der Waals surface area contributed by atoms with E-state index in [2.05, 4.69) is 64.5 Å². The minimum absolute atomic E-state index is 0.233. The molecule has 9 heteroatoms. The Labute approximate surface area is 223 Å². The van der Waals surface area contributed by atoms with Gasteiger partial charge >= 0.3 is 0 Å². The molecule has 2 N–H and O–H groups in total. The Morgan fingerprint density at radius 3 is 2.54 bits per heavy atom. The molecule has 2 fully saturated rings. The Hall–Kier alpha value is -2.75. The lowest BCUT2D eigenvalue weighted by Crippen LogP contribution is -2.36. The molecule has 1 aromatic carbocycles. The highest BCUT2D eigenvalue weighted by molar-refractivity contribution is 7.17. The zero-order valence-electron chi connectivity index (χ0n) is 21.9. The molecule has 1 atom stereocenters. The topological polar surface area (TPSA) is 87.8 Å². The molecule has 2 aliphatic rings. The monoisotopic (exact) mass is 522 g/mol. The van der Waals surface area contributed by atoms with Gasteiger partial charge in [0.2, 0.25) is 11.9 Å². The van der Waals surface area contributed by atoms with Crippen molar-refractivity contribution >= 4 is 39.2 Å². The van der Waals surface area contributed by atoms with Crippen molar-refractivity contribution in [3.05, 3.63) is 35.7 Å². The number of fused-ring (bicyclic) bond motifs is 1. The molecule has 37 heavy (non-hydrogen) atoms. The zero-order chi connectivity index (χ0) is 25.8. The quantitative estimate of drug-likeness (QED) is 0.405. The number of nitrogens with two attached hydrogens (primary N) is 1. The molecule has 2 aromatic heterocycles. The van der Waals surface area contributed by atoms with Crippen LogP contribution in [0.25, 0.3) is 21.3 Å². The highest BCUT2D eigenvalue weighted by Crippen LogP contribution is 2.41. The minimum atomic E-state index is -0.233. The molecule has 2 saturated heterocycles. The number of primary amides is 1. The van der Waals surface area contributed by atoms with Crippen LogP contribution in [-0.2, 0) is 9.53 Å². The summed E-state index contributed by atoms with van der Waals surface area (Å²) in [6.45, 7) is 6.12. The standard InChI is InChI=1S/C28H38N6O2S/c1-32(2)14-15-36-18-20-8-11-33(12-9-20)26-25-23(22-6-4-3-5-7-22)19-37-27(25)31-28(30-26)34-13-10-21(17-34)16-24(29)35/h3-7,19-21H,8-18H2,1-2H3,(H2,29,35). The molecular weight excluding hydrogens is 484 g/mol. The number of likely N-dealkylation sites (N-methyl/N-ethyl adjacent to an activating group) is 1. The lowest BCUT2D eigenvalue weighted by atomic mass is 9.97. The molecule has 0 bridgehead atoms. The van der Waals surface area contributed by atoms with Gasteiger partial charge in [0.1, 0.15) is 10.6 Å². The molecule has 2 aliphatic heterocycles. The number of amides is 1. The highest BCUT2D eigenvalue weighted by atomic mass is 32.1. The average Bonchev–Trinajstić information content (AvgIpc) is 3.54. The second-order valence-electron chi connectivity index (χ2n) is 10.6. The van der Waals surface area contributed by atoms with Gasteiger partial charge in [-0.3, -0.25) is 4.79 Å². The lowest BCUT2D eigenvalue weighted by molar-refractivity contribution is -0.118. The first-order valence-electron chi connectivity index (χ1n) is 13.3. The third-order valence-corrected chi connectivity index (χ3v) is 8.37. The van der Waals surface area contributed by atoms with Crippen molar-refractivity contribution in [2.24, 2.45) is 17.6 Å². The van der Waals surface area contributed by atoms with Gasteiger partial charge in [-0.05, 0) is 50.8 Å². The van der Waals surface area contributed by atoms with E-state index in [1.54, 1.807) is 11.3 Å². The molecule has 3 aromatic rings. The number of aromatic nitrogens is 2. The molecule has 1 unspecified atom stereocenters. The van der Waals surface area contributed by atoms with Gasteiger partial charge in [-0.15, -0.1) is 11.3 Å². The number of benzene rings is 1. The molecule has 198 valence electrons. The average molecular weight is 523 g/mol. The summed E-state index contributed by atoms with van der Waals surface area (Å²) in [4.78, 5) is 29.5. The number of nitrogens with zero attached hydrogens (tertiary/aromatic N) is 5. The fraction of sp³-hybridized carbons (Fsp3) is 0.536. The molecule has 0 spiro atoms. The van der Waals surface area contributed by atoms with E-state index in [0.717, 1.165) is 87.2 Å². The number of hydrogen-bond donors (Lipinski definition) is 1. The molecular formula is C28H38N6O2S. The summed E-state index contributed by atoms with van der Waals surface area (Å²) >= 11 is 1.69. The molecule has 8 nitrogen and oxygen atoms in total. The third-order valence-electron chi connectivity index (χ3n) is 7.50. The maximum absolute atomic E-state index is 11.5. The van der Waals surface area contributed by atoms with E-state index in [1.165, 1.54) is 11.1 Å². The van der Waals surface area contributed by atoms with Crippen molar-refractivity contribution in [1.82, 2.24) is 14.9 Å². The van der Waals surface area contributed by atoms with Crippen LogP contribution in [0.1, 0.15) is 25.7 Å². The summed E-state index contributed by atoms with van der Waals surface area (Å²) in [5.41, 5.74) is 7.86. The SMILES string of the molecule is CN(C)CCOCC1CCN(c2nc(N3CCC(CC(N)=O)C3)nc3scc(-c4ccccc4)c23)CC1. The van der Waals surface area contributed by atoms with Crippen molar-refractivity contribution in [3.8, 4) is 11.1 Å². The van der Waals surface area contributed by atoms with Gasteiger partial charge in [-0.2, -0.15) is 4.98 Å². The van der Waals surface area contributed by atoms with E-state index in [-0.39, 0.29) is 11.8 Å². The molecule has 0 saturated carbocycles. The molecule has 0 aliphatic carbocycles. The summed E-state index contributed by atoms with van der Waals surface area (Å²) in [6, 6.07) is 10.5. The lowest BCUT2D eigenvalue weighted by Gasteiger charge is -2.33. The normalized spacial score (nSPS) is 18.8. The molecule has 4 heterocycles. The predicted molar refractivity (Wildman–Crippen MR) is 151 cm³/mol. The third kappa shape index (κ3) is 6.22. The van der Waals surface area contributed by atoms with Crippen LogP contribution in [0.4, 0.5) is 11.8 Å². The van der Waals surface area contributed by atoms with Crippen molar-refractivity contribution in [1.29, 1.82) is 0 Å². The van der Waals surface area contributed by atoms with Crippen molar-refractivity contribution in [2.45, 2.75) is 25.7 Å². The Morgan fingerprint density at radius 1 is 1.08 bits per heavy atom. The van der Waals surface area contributed by atoms with Crippen LogP contribution in [0.15, 0.2) is 35.7 Å². The van der Waals surface area contributed by atoms with E-state index in [4.69, 9.17) is 20.4 Å². The van der Waals surface area contributed by atoms with E-state index < -0.39 is 0 Å². The Balaban J connectivity index is 1.39. The Bertz CT molecular complexity index is 1190. The summed E-state index contributed by atoms with van der Waals surface area (Å²) in [5, 5.41) is 3.36. The second kappa shape index (κ2) is 11.8. The van der Waals surface area contributed by atoms with Crippen LogP contribution in [0.5, 0.6) is 0 Å². The highest BCUT2D eigenvalue weighted by Gasteiger charge is 2.29. The Kier molecular flexibility index (Phi) is 8.22. The number of carbonyl (C=O) groups excluding carboxylic acids is 1. The number of thiophene rings is 1.